The normalized spacial score (nSPS) is 16.2. The molecule has 0 unspecified atom stereocenters. The van der Waals surface area contributed by atoms with Crippen LogP contribution in [0.5, 0.6) is 0 Å². The van der Waals surface area contributed by atoms with Crippen molar-refractivity contribution >= 4 is 44.2 Å². The summed E-state index contributed by atoms with van der Waals surface area (Å²) in [5.74, 6) is -0.273. The Labute approximate surface area is 181 Å². The third-order valence-electron chi connectivity index (χ3n) is 4.89. The molecule has 0 spiro atoms. The number of halogens is 3. The Bertz CT molecular complexity index is 1230. The second-order valence-corrected chi connectivity index (χ2v) is 9.55. The number of nitrogens with zero attached hydrogens (tertiary/aromatic N) is 3. The summed E-state index contributed by atoms with van der Waals surface area (Å²) in [5, 5.41) is 5.61. The molecular weight excluding hydrogens is 449 g/mol. The summed E-state index contributed by atoms with van der Waals surface area (Å²) in [6.07, 6.45) is -2.85. The predicted molar refractivity (Wildman–Crippen MR) is 113 cm³/mol. The highest BCUT2D eigenvalue weighted by atomic mass is 32.2. The van der Waals surface area contributed by atoms with Gasteiger partial charge in [-0.05, 0) is 30.3 Å². The lowest BCUT2D eigenvalue weighted by Crippen LogP contribution is -2.43. The maximum absolute atomic E-state index is 12.6. The first-order valence-electron chi connectivity index (χ1n) is 9.62. The van der Waals surface area contributed by atoms with E-state index in [1.807, 2.05) is 0 Å². The first-order valence-corrected chi connectivity index (χ1v) is 11.4. The Kier molecular flexibility index (Phi) is 5.67. The number of carbonyl (C=O) groups excluding carboxylic acids is 1. The molecule has 2 aromatic heterocycles. The monoisotopic (exact) mass is 468 g/mol. The minimum atomic E-state index is -4.40. The fraction of sp³-hybridized carbons (Fsp3) is 0.316. The Morgan fingerprint density at radius 3 is 2.44 bits per heavy atom. The van der Waals surface area contributed by atoms with Crippen LogP contribution in [0.2, 0.25) is 0 Å². The number of H-pyrrole nitrogens is 1. The standard InChI is InChI=1S/C19H19F3N6O3S/c20-19(21,22)11-24-16-14-5-6-23-15(14)26-18(27-16)25-13-3-1-12(2-4-13)17(29)28-7-9-32(30,31)10-8-28/h1-6H,7-11H2,(H3,23,24,25,26,27). The molecule has 3 aromatic rings. The van der Waals surface area contributed by atoms with Crippen molar-refractivity contribution in [3.63, 3.8) is 0 Å². The van der Waals surface area contributed by atoms with Gasteiger partial charge in [0.1, 0.15) is 18.0 Å². The van der Waals surface area contributed by atoms with Gasteiger partial charge in [-0.25, -0.2) is 8.42 Å². The molecule has 3 heterocycles. The third kappa shape index (κ3) is 5.10. The number of amides is 1. The van der Waals surface area contributed by atoms with Crippen LogP contribution in [0, 0.1) is 0 Å². The average Bonchev–Trinajstić information content (AvgIpc) is 3.20. The van der Waals surface area contributed by atoms with Crippen molar-refractivity contribution in [1.82, 2.24) is 19.9 Å². The molecule has 1 saturated heterocycles. The van der Waals surface area contributed by atoms with Gasteiger partial charge in [0.15, 0.2) is 9.84 Å². The number of carbonyl (C=O) groups is 1. The van der Waals surface area contributed by atoms with Gasteiger partial charge < -0.3 is 20.5 Å². The Morgan fingerprint density at radius 1 is 1.09 bits per heavy atom. The summed E-state index contributed by atoms with van der Waals surface area (Å²) in [5.41, 5.74) is 1.28. The summed E-state index contributed by atoms with van der Waals surface area (Å²) in [6.45, 7) is -0.934. The molecule has 1 aromatic carbocycles. The number of sulfone groups is 1. The van der Waals surface area contributed by atoms with Gasteiger partial charge in [-0.15, -0.1) is 0 Å². The lowest BCUT2D eigenvalue weighted by Gasteiger charge is -2.26. The number of hydrogen-bond acceptors (Lipinski definition) is 7. The molecule has 1 amide bonds. The van der Waals surface area contributed by atoms with Crippen molar-refractivity contribution in [2.45, 2.75) is 6.18 Å². The maximum Gasteiger partial charge on any atom is 0.405 e. The van der Waals surface area contributed by atoms with E-state index in [4.69, 9.17) is 0 Å². The van der Waals surface area contributed by atoms with Crippen LogP contribution in [0.25, 0.3) is 11.0 Å². The second kappa shape index (κ2) is 8.30. The molecule has 32 heavy (non-hydrogen) atoms. The van der Waals surface area contributed by atoms with Gasteiger partial charge in [0.05, 0.1) is 16.9 Å². The van der Waals surface area contributed by atoms with Crippen molar-refractivity contribution in [2.24, 2.45) is 0 Å². The number of aromatic amines is 1. The second-order valence-electron chi connectivity index (χ2n) is 7.25. The first-order chi connectivity index (χ1) is 15.1. The van der Waals surface area contributed by atoms with Crippen LogP contribution in [-0.2, 0) is 9.84 Å². The lowest BCUT2D eigenvalue weighted by molar-refractivity contribution is -0.115. The van der Waals surface area contributed by atoms with E-state index in [0.717, 1.165) is 0 Å². The third-order valence-corrected chi connectivity index (χ3v) is 6.50. The summed E-state index contributed by atoms with van der Waals surface area (Å²) >= 11 is 0. The number of fused-ring (bicyclic) bond motifs is 1. The Balaban J connectivity index is 1.48. The molecule has 0 saturated carbocycles. The van der Waals surface area contributed by atoms with Crippen molar-refractivity contribution in [2.75, 3.05) is 41.8 Å². The minimum Gasteiger partial charge on any atom is -0.360 e. The van der Waals surface area contributed by atoms with Crippen molar-refractivity contribution < 1.29 is 26.4 Å². The Morgan fingerprint density at radius 2 is 1.78 bits per heavy atom. The largest absolute Gasteiger partial charge is 0.405 e. The van der Waals surface area contributed by atoms with Gasteiger partial charge in [-0.1, -0.05) is 0 Å². The quantitative estimate of drug-likeness (QED) is 0.526. The highest BCUT2D eigenvalue weighted by molar-refractivity contribution is 7.91. The van der Waals surface area contributed by atoms with E-state index in [2.05, 4.69) is 25.6 Å². The molecule has 0 aliphatic carbocycles. The molecule has 1 aliphatic rings. The number of anilines is 3. The molecule has 0 radical (unpaired) electrons. The molecule has 0 atom stereocenters. The van der Waals surface area contributed by atoms with Crippen LogP contribution in [-0.4, -0.2) is 71.5 Å². The summed E-state index contributed by atoms with van der Waals surface area (Å²) in [7, 11) is -3.09. The number of rotatable bonds is 5. The molecular formula is C19H19F3N6O3S. The average molecular weight is 468 g/mol. The van der Waals surface area contributed by atoms with Crippen molar-refractivity contribution in [1.29, 1.82) is 0 Å². The van der Waals surface area contributed by atoms with Gasteiger partial charge in [-0.3, -0.25) is 4.79 Å². The van der Waals surface area contributed by atoms with Crippen LogP contribution in [0.4, 0.5) is 30.6 Å². The number of hydrogen-bond donors (Lipinski definition) is 3. The fourth-order valence-corrected chi connectivity index (χ4v) is 4.44. The van der Waals surface area contributed by atoms with E-state index in [1.165, 1.54) is 4.90 Å². The molecule has 3 N–H and O–H groups in total. The topological polar surface area (TPSA) is 120 Å². The van der Waals surface area contributed by atoms with Gasteiger partial charge in [0, 0.05) is 30.5 Å². The highest BCUT2D eigenvalue weighted by Crippen LogP contribution is 2.25. The first kappa shape index (κ1) is 21.9. The van der Waals surface area contributed by atoms with E-state index in [0.29, 0.717) is 22.3 Å². The zero-order valence-electron chi connectivity index (χ0n) is 16.6. The van der Waals surface area contributed by atoms with Crippen LogP contribution in [0.1, 0.15) is 10.4 Å². The molecule has 0 bridgehead atoms. The predicted octanol–water partition coefficient (Wildman–Crippen LogP) is 2.55. The van der Waals surface area contributed by atoms with Gasteiger partial charge in [-0.2, -0.15) is 23.1 Å². The summed E-state index contributed by atoms with van der Waals surface area (Å²) in [6, 6.07) is 7.94. The van der Waals surface area contributed by atoms with Crippen molar-refractivity contribution in [3.8, 4) is 0 Å². The van der Waals surface area contributed by atoms with Crippen LogP contribution in [0.15, 0.2) is 36.5 Å². The van der Waals surface area contributed by atoms with E-state index in [-0.39, 0.29) is 42.3 Å². The lowest BCUT2D eigenvalue weighted by atomic mass is 10.2. The number of benzene rings is 1. The van der Waals surface area contributed by atoms with E-state index in [1.54, 1.807) is 36.5 Å². The zero-order valence-corrected chi connectivity index (χ0v) is 17.4. The van der Waals surface area contributed by atoms with Gasteiger partial charge >= 0.3 is 6.18 Å². The van der Waals surface area contributed by atoms with Crippen molar-refractivity contribution in [3.05, 3.63) is 42.1 Å². The summed E-state index contributed by atoms with van der Waals surface area (Å²) in [4.78, 5) is 25.3. The SMILES string of the molecule is O=C(c1ccc(Nc2nc(NCC(F)(F)F)c3cc[nH]c3n2)cc1)N1CCS(=O)(=O)CC1. The number of alkyl halides is 3. The van der Waals surface area contributed by atoms with Crippen LogP contribution >= 0.6 is 0 Å². The molecule has 1 fully saturated rings. The maximum atomic E-state index is 12.6. The van der Waals surface area contributed by atoms with Gasteiger partial charge in [0.2, 0.25) is 5.95 Å². The fourth-order valence-electron chi connectivity index (χ4n) is 3.24. The molecule has 13 heteroatoms. The van der Waals surface area contributed by atoms with Crippen LogP contribution < -0.4 is 10.6 Å². The highest BCUT2D eigenvalue weighted by Gasteiger charge is 2.28. The van der Waals surface area contributed by atoms with E-state index in [9.17, 15) is 26.4 Å². The number of aromatic nitrogens is 3. The smallest absolute Gasteiger partial charge is 0.360 e. The van der Waals surface area contributed by atoms with Crippen LogP contribution in [0.3, 0.4) is 0 Å². The molecule has 170 valence electrons. The van der Waals surface area contributed by atoms with E-state index >= 15 is 0 Å². The minimum absolute atomic E-state index is 0.0305. The number of nitrogens with one attached hydrogen (secondary N) is 3. The van der Waals surface area contributed by atoms with E-state index < -0.39 is 22.6 Å². The molecule has 9 nitrogen and oxygen atoms in total. The molecule has 4 rings (SSSR count). The Hall–Kier alpha value is -3.35. The van der Waals surface area contributed by atoms with Gasteiger partial charge in [0.25, 0.3) is 5.91 Å². The molecule has 1 aliphatic heterocycles. The summed E-state index contributed by atoms with van der Waals surface area (Å²) < 4.78 is 60.9. The zero-order chi connectivity index (χ0) is 22.9.